The van der Waals surface area contributed by atoms with Crippen molar-refractivity contribution < 1.29 is 23.9 Å². The number of morpholine rings is 1. The highest BCUT2D eigenvalue weighted by Crippen LogP contribution is 2.21. The smallest absolute Gasteiger partial charge is 0.329 e. The van der Waals surface area contributed by atoms with E-state index in [4.69, 9.17) is 9.47 Å². The van der Waals surface area contributed by atoms with Crippen molar-refractivity contribution in [1.29, 1.82) is 0 Å². The molecule has 0 unspecified atom stereocenters. The molecule has 0 saturated carbocycles. The van der Waals surface area contributed by atoms with Crippen LogP contribution >= 0.6 is 0 Å². The lowest BCUT2D eigenvalue weighted by Crippen LogP contribution is -2.41. The predicted molar refractivity (Wildman–Crippen MR) is 130 cm³/mol. The number of nitrogens with zero attached hydrogens (tertiary/aromatic N) is 2. The Morgan fingerprint density at radius 3 is 2.37 bits per heavy atom. The van der Waals surface area contributed by atoms with E-state index in [0.29, 0.717) is 48.9 Å². The Kier molecular flexibility index (Phi) is 7.82. The van der Waals surface area contributed by atoms with Gasteiger partial charge in [-0.15, -0.1) is 0 Å². The van der Waals surface area contributed by atoms with Gasteiger partial charge in [0.25, 0.3) is 5.91 Å². The molecule has 3 amide bonds. The summed E-state index contributed by atoms with van der Waals surface area (Å²) in [7, 11) is 0. The summed E-state index contributed by atoms with van der Waals surface area (Å²) in [5, 5.41) is 6.35. The lowest BCUT2D eigenvalue weighted by molar-refractivity contribution is -0.136. The Morgan fingerprint density at radius 2 is 1.57 bits per heavy atom. The van der Waals surface area contributed by atoms with Crippen molar-refractivity contribution in [2.45, 2.75) is 0 Å². The fraction of sp³-hybridized carbons (Fsp3) is 0.154. The van der Waals surface area contributed by atoms with Gasteiger partial charge in [-0.2, -0.15) is 5.10 Å². The SMILES string of the molecule is O=C(NN=Cc1cccc(Oc2ccccc2)c1)C(=O)Nc1ccccc1C(=O)N1CCOCC1. The van der Waals surface area contributed by atoms with Crippen molar-refractivity contribution in [2.24, 2.45) is 5.10 Å². The first-order valence-electron chi connectivity index (χ1n) is 11.0. The van der Waals surface area contributed by atoms with Crippen LogP contribution in [0.5, 0.6) is 11.5 Å². The number of carbonyl (C=O) groups is 3. The molecule has 4 rings (SSSR count). The molecule has 1 heterocycles. The molecular weight excluding hydrogens is 448 g/mol. The van der Waals surface area contributed by atoms with Crippen LogP contribution < -0.4 is 15.5 Å². The highest BCUT2D eigenvalue weighted by atomic mass is 16.5. The molecule has 1 fully saturated rings. The van der Waals surface area contributed by atoms with Crippen LogP contribution in [0.15, 0.2) is 84.0 Å². The summed E-state index contributed by atoms with van der Waals surface area (Å²) in [6.07, 6.45) is 1.40. The van der Waals surface area contributed by atoms with E-state index in [1.165, 1.54) is 6.21 Å². The van der Waals surface area contributed by atoms with Crippen molar-refractivity contribution in [3.63, 3.8) is 0 Å². The van der Waals surface area contributed by atoms with E-state index in [1.54, 1.807) is 53.4 Å². The highest BCUT2D eigenvalue weighted by molar-refractivity contribution is 6.40. The van der Waals surface area contributed by atoms with Crippen molar-refractivity contribution in [1.82, 2.24) is 10.3 Å². The van der Waals surface area contributed by atoms with Gasteiger partial charge in [0.05, 0.1) is 30.7 Å². The van der Waals surface area contributed by atoms with Gasteiger partial charge >= 0.3 is 11.8 Å². The predicted octanol–water partition coefficient (Wildman–Crippen LogP) is 3.04. The molecule has 1 aliphatic heterocycles. The van der Waals surface area contributed by atoms with Crippen LogP contribution in [0.1, 0.15) is 15.9 Å². The average molecular weight is 473 g/mol. The number of ether oxygens (including phenoxy) is 2. The van der Waals surface area contributed by atoms with Crippen molar-refractivity contribution in [2.75, 3.05) is 31.6 Å². The van der Waals surface area contributed by atoms with Crippen LogP contribution in [-0.4, -0.2) is 55.1 Å². The van der Waals surface area contributed by atoms with E-state index in [1.807, 2.05) is 30.3 Å². The van der Waals surface area contributed by atoms with Crippen LogP contribution in [-0.2, 0) is 14.3 Å². The van der Waals surface area contributed by atoms with E-state index >= 15 is 0 Å². The molecule has 1 saturated heterocycles. The number of hydrazone groups is 1. The van der Waals surface area contributed by atoms with Gasteiger partial charge in [0.15, 0.2) is 0 Å². The standard InChI is InChI=1S/C26H24N4O5/c31-24(28-23-12-5-4-11-22(23)26(33)30-13-15-34-16-14-30)25(32)29-27-18-19-7-6-10-21(17-19)35-20-8-2-1-3-9-20/h1-12,17-18H,13-16H2,(H,28,31)(H,29,32). The minimum atomic E-state index is -0.966. The van der Waals surface area contributed by atoms with Crippen molar-refractivity contribution in [3.8, 4) is 11.5 Å². The van der Waals surface area contributed by atoms with E-state index in [9.17, 15) is 14.4 Å². The Balaban J connectivity index is 1.34. The lowest BCUT2D eigenvalue weighted by Gasteiger charge is -2.27. The van der Waals surface area contributed by atoms with Crippen LogP contribution in [0.4, 0.5) is 5.69 Å². The van der Waals surface area contributed by atoms with Gasteiger partial charge in [-0.05, 0) is 42.0 Å². The van der Waals surface area contributed by atoms with Crippen LogP contribution in [0.25, 0.3) is 0 Å². The number of hydrogen-bond donors (Lipinski definition) is 2. The van der Waals surface area contributed by atoms with Gasteiger partial charge in [-0.25, -0.2) is 5.43 Å². The zero-order valence-electron chi connectivity index (χ0n) is 18.8. The maximum atomic E-state index is 12.8. The molecule has 9 nitrogen and oxygen atoms in total. The first-order valence-corrected chi connectivity index (χ1v) is 11.0. The normalized spacial score (nSPS) is 13.3. The minimum Gasteiger partial charge on any atom is -0.457 e. The van der Waals surface area contributed by atoms with E-state index in [0.717, 1.165) is 0 Å². The summed E-state index contributed by atoms with van der Waals surface area (Å²) in [4.78, 5) is 39.1. The Bertz CT molecular complexity index is 1220. The van der Waals surface area contributed by atoms with Crippen molar-refractivity contribution >= 4 is 29.6 Å². The van der Waals surface area contributed by atoms with Gasteiger partial charge in [0.2, 0.25) is 0 Å². The first-order chi connectivity index (χ1) is 17.1. The Labute approximate surface area is 202 Å². The van der Waals surface area contributed by atoms with E-state index in [-0.39, 0.29) is 11.6 Å². The van der Waals surface area contributed by atoms with Crippen molar-refractivity contribution in [3.05, 3.63) is 90.0 Å². The monoisotopic (exact) mass is 472 g/mol. The number of amides is 3. The quantitative estimate of drug-likeness (QED) is 0.326. The summed E-state index contributed by atoms with van der Waals surface area (Å²) in [5.74, 6) is -0.845. The van der Waals surface area contributed by atoms with Gasteiger partial charge in [0.1, 0.15) is 11.5 Å². The number of carbonyl (C=O) groups excluding carboxylic acids is 3. The highest BCUT2D eigenvalue weighted by Gasteiger charge is 2.22. The summed E-state index contributed by atoms with van der Waals surface area (Å²) in [6.45, 7) is 1.85. The largest absolute Gasteiger partial charge is 0.457 e. The van der Waals surface area contributed by atoms with Crippen LogP contribution in [0.2, 0.25) is 0 Å². The topological polar surface area (TPSA) is 109 Å². The summed E-state index contributed by atoms with van der Waals surface area (Å²) in [6, 6.07) is 23.0. The molecule has 0 atom stereocenters. The van der Waals surface area contributed by atoms with Gasteiger partial charge in [-0.1, -0.05) is 42.5 Å². The number of benzene rings is 3. The van der Waals surface area contributed by atoms with Gasteiger partial charge < -0.3 is 19.7 Å². The fourth-order valence-corrected chi connectivity index (χ4v) is 3.39. The third kappa shape index (κ3) is 6.52. The molecule has 0 bridgehead atoms. The third-order valence-corrected chi connectivity index (χ3v) is 5.13. The number of nitrogens with one attached hydrogen (secondary N) is 2. The maximum absolute atomic E-state index is 12.8. The maximum Gasteiger partial charge on any atom is 0.329 e. The first kappa shape index (κ1) is 23.7. The Hall–Kier alpha value is -4.50. The zero-order valence-corrected chi connectivity index (χ0v) is 18.8. The van der Waals surface area contributed by atoms with E-state index in [2.05, 4.69) is 15.8 Å². The second-order valence-electron chi connectivity index (χ2n) is 7.59. The van der Waals surface area contributed by atoms with Crippen LogP contribution in [0.3, 0.4) is 0 Å². The zero-order chi connectivity index (χ0) is 24.5. The number of hydrogen-bond acceptors (Lipinski definition) is 6. The third-order valence-electron chi connectivity index (χ3n) is 5.13. The van der Waals surface area contributed by atoms with Crippen LogP contribution in [0, 0.1) is 0 Å². The van der Waals surface area contributed by atoms with Gasteiger partial charge in [-0.3, -0.25) is 14.4 Å². The molecule has 0 aliphatic carbocycles. The number of para-hydroxylation sites is 2. The molecule has 3 aromatic rings. The molecule has 35 heavy (non-hydrogen) atoms. The second kappa shape index (κ2) is 11.6. The molecule has 0 aromatic heterocycles. The molecular formula is C26H24N4O5. The summed E-state index contributed by atoms with van der Waals surface area (Å²) in [5.41, 5.74) is 3.41. The summed E-state index contributed by atoms with van der Waals surface area (Å²) < 4.78 is 11.1. The summed E-state index contributed by atoms with van der Waals surface area (Å²) >= 11 is 0. The molecule has 1 aliphatic rings. The van der Waals surface area contributed by atoms with Gasteiger partial charge in [0, 0.05) is 13.1 Å². The molecule has 178 valence electrons. The van der Waals surface area contributed by atoms with E-state index < -0.39 is 11.8 Å². The molecule has 0 spiro atoms. The fourth-order valence-electron chi connectivity index (χ4n) is 3.39. The minimum absolute atomic E-state index is 0.236. The lowest BCUT2D eigenvalue weighted by atomic mass is 10.1. The number of anilines is 1. The Morgan fingerprint density at radius 1 is 0.857 bits per heavy atom. The molecule has 2 N–H and O–H groups in total. The number of rotatable bonds is 6. The molecule has 0 radical (unpaired) electrons. The molecule has 9 heteroatoms. The average Bonchev–Trinajstić information content (AvgIpc) is 2.90. The second-order valence-corrected chi connectivity index (χ2v) is 7.59. The molecule has 3 aromatic carbocycles.